The Morgan fingerprint density at radius 3 is 2.77 bits per heavy atom. The van der Waals surface area contributed by atoms with Crippen LogP contribution in [0.2, 0.25) is 0 Å². The lowest BCUT2D eigenvalue weighted by Gasteiger charge is -2.21. The number of amides is 1. The maximum Gasteiger partial charge on any atom is 0.225 e. The van der Waals surface area contributed by atoms with Gasteiger partial charge in [-0.25, -0.2) is 4.99 Å². The van der Waals surface area contributed by atoms with Gasteiger partial charge < -0.3 is 15.5 Å². The van der Waals surface area contributed by atoms with E-state index in [4.69, 9.17) is 4.99 Å². The van der Waals surface area contributed by atoms with Crippen molar-refractivity contribution in [1.82, 2.24) is 30.3 Å². The number of aromatic nitrogens is 3. The Morgan fingerprint density at radius 2 is 2.00 bits per heavy atom. The number of nitrogens with one attached hydrogen (secondary N) is 2. The molecule has 2 aromatic rings. The monoisotopic (exact) mass is 409 g/mol. The lowest BCUT2D eigenvalue weighted by atomic mass is 10.1. The fraction of sp³-hybridized carbons (Fsp3) is 0.545. The topological polar surface area (TPSA) is 87.4 Å². The molecule has 0 spiro atoms. The minimum Gasteiger partial charge on any atom is -0.357 e. The Labute approximate surface area is 177 Å². The standard InChI is InChI=1S/C22H31N7O/c1-2-23-22(24-14-20-27-25-16-29(20)19-10-4-3-5-11-19)26-18-12-13-28(15-18)21(30)17-8-6-7-9-17/h3-5,10-11,16-18H,2,6-9,12-15H2,1H3,(H2,23,24,26). The molecule has 1 saturated heterocycles. The fourth-order valence-corrected chi connectivity index (χ4v) is 4.34. The van der Waals surface area contributed by atoms with Crippen molar-refractivity contribution in [2.75, 3.05) is 19.6 Å². The molecule has 1 atom stereocenters. The van der Waals surface area contributed by atoms with E-state index in [1.165, 1.54) is 12.8 Å². The molecule has 2 N–H and O–H groups in total. The summed E-state index contributed by atoms with van der Waals surface area (Å²) in [6, 6.07) is 10.2. The van der Waals surface area contributed by atoms with Crippen molar-refractivity contribution < 1.29 is 4.79 Å². The van der Waals surface area contributed by atoms with Crippen LogP contribution in [0.1, 0.15) is 44.9 Å². The van der Waals surface area contributed by atoms with Crippen molar-refractivity contribution in [3.8, 4) is 5.69 Å². The van der Waals surface area contributed by atoms with Gasteiger partial charge in [-0.05, 0) is 38.3 Å². The van der Waals surface area contributed by atoms with Gasteiger partial charge in [0.1, 0.15) is 12.9 Å². The van der Waals surface area contributed by atoms with Gasteiger partial charge >= 0.3 is 0 Å². The second kappa shape index (κ2) is 9.73. The predicted octanol–water partition coefficient (Wildman–Crippen LogP) is 2.11. The summed E-state index contributed by atoms with van der Waals surface area (Å²) in [7, 11) is 0. The molecule has 0 radical (unpaired) electrons. The van der Waals surface area contributed by atoms with Gasteiger partial charge in [-0.15, -0.1) is 10.2 Å². The molecule has 30 heavy (non-hydrogen) atoms. The molecule has 2 fully saturated rings. The molecular weight excluding hydrogens is 378 g/mol. The molecule has 8 heteroatoms. The van der Waals surface area contributed by atoms with E-state index in [1.807, 2.05) is 46.7 Å². The zero-order chi connectivity index (χ0) is 20.8. The van der Waals surface area contributed by atoms with Crippen LogP contribution in [-0.4, -0.2) is 57.2 Å². The number of nitrogens with zero attached hydrogens (tertiary/aromatic N) is 5. The quantitative estimate of drug-likeness (QED) is 0.564. The second-order valence-electron chi connectivity index (χ2n) is 8.04. The molecule has 1 saturated carbocycles. The second-order valence-corrected chi connectivity index (χ2v) is 8.04. The van der Waals surface area contributed by atoms with E-state index in [1.54, 1.807) is 6.33 Å². The number of para-hydroxylation sites is 1. The van der Waals surface area contributed by atoms with Gasteiger partial charge in [0.25, 0.3) is 0 Å². The number of hydrogen-bond donors (Lipinski definition) is 2. The number of carbonyl (C=O) groups excluding carboxylic acids is 1. The summed E-state index contributed by atoms with van der Waals surface area (Å²) in [5.74, 6) is 2.12. The van der Waals surface area contributed by atoms with Crippen LogP contribution < -0.4 is 10.6 Å². The van der Waals surface area contributed by atoms with Gasteiger partial charge in [0.05, 0.1) is 0 Å². The molecule has 1 aromatic heterocycles. The van der Waals surface area contributed by atoms with E-state index in [9.17, 15) is 4.79 Å². The molecule has 1 aliphatic heterocycles. The lowest BCUT2D eigenvalue weighted by Crippen LogP contribution is -2.45. The van der Waals surface area contributed by atoms with E-state index in [-0.39, 0.29) is 12.0 Å². The zero-order valence-corrected chi connectivity index (χ0v) is 17.6. The van der Waals surface area contributed by atoms with Crippen LogP contribution in [0.5, 0.6) is 0 Å². The molecule has 4 rings (SSSR count). The van der Waals surface area contributed by atoms with Crippen LogP contribution in [-0.2, 0) is 11.3 Å². The van der Waals surface area contributed by atoms with Gasteiger partial charge in [0.15, 0.2) is 11.8 Å². The van der Waals surface area contributed by atoms with Crippen LogP contribution in [0.15, 0.2) is 41.7 Å². The molecule has 1 aromatic carbocycles. The average molecular weight is 410 g/mol. The largest absolute Gasteiger partial charge is 0.357 e. The summed E-state index contributed by atoms with van der Waals surface area (Å²) in [6.07, 6.45) is 7.15. The summed E-state index contributed by atoms with van der Waals surface area (Å²) in [6.45, 7) is 4.82. The Hall–Kier alpha value is -2.90. The number of guanidine groups is 1. The lowest BCUT2D eigenvalue weighted by molar-refractivity contribution is -0.134. The third-order valence-electron chi connectivity index (χ3n) is 5.92. The average Bonchev–Trinajstić information content (AvgIpc) is 3.54. The summed E-state index contributed by atoms with van der Waals surface area (Å²) in [5, 5.41) is 15.1. The van der Waals surface area contributed by atoms with Crippen molar-refractivity contribution in [1.29, 1.82) is 0 Å². The first-order valence-electron chi connectivity index (χ1n) is 11.0. The summed E-state index contributed by atoms with van der Waals surface area (Å²) in [5.41, 5.74) is 1.02. The summed E-state index contributed by atoms with van der Waals surface area (Å²) >= 11 is 0. The molecule has 0 bridgehead atoms. The van der Waals surface area contributed by atoms with E-state index in [0.717, 1.165) is 56.4 Å². The van der Waals surface area contributed by atoms with E-state index in [0.29, 0.717) is 12.5 Å². The number of aliphatic imine (C=N–C) groups is 1. The summed E-state index contributed by atoms with van der Waals surface area (Å²) < 4.78 is 1.95. The smallest absolute Gasteiger partial charge is 0.225 e. The van der Waals surface area contributed by atoms with Crippen LogP contribution >= 0.6 is 0 Å². The minimum atomic E-state index is 0.222. The Kier molecular flexibility index (Phi) is 6.61. The molecule has 2 heterocycles. The number of benzene rings is 1. The van der Waals surface area contributed by atoms with Gasteiger partial charge in [-0.3, -0.25) is 9.36 Å². The highest BCUT2D eigenvalue weighted by Crippen LogP contribution is 2.27. The van der Waals surface area contributed by atoms with Crippen LogP contribution in [0.25, 0.3) is 5.69 Å². The number of rotatable bonds is 6. The third kappa shape index (κ3) is 4.80. The first kappa shape index (κ1) is 20.4. The highest BCUT2D eigenvalue weighted by Gasteiger charge is 2.32. The summed E-state index contributed by atoms with van der Waals surface area (Å²) in [4.78, 5) is 19.4. The molecule has 1 unspecified atom stereocenters. The van der Waals surface area contributed by atoms with Crippen LogP contribution in [0, 0.1) is 5.92 Å². The van der Waals surface area contributed by atoms with E-state index >= 15 is 0 Å². The Morgan fingerprint density at radius 1 is 1.20 bits per heavy atom. The molecule has 1 amide bonds. The van der Waals surface area contributed by atoms with Gasteiger partial charge in [-0.2, -0.15) is 0 Å². The normalized spacial score (nSPS) is 20.0. The number of hydrogen-bond acceptors (Lipinski definition) is 4. The first-order valence-corrected chi connectivity index (χ1v) is 11.0. The zero-order valence-electron chi connectivity index (χ0n) is 17.6. The Balaban J connectivity index is 1.37. The molecule has 1 aliphatic carbocycles. The van der Waals surface area contributed by atoms with Crippen molar-refractivity contribution >= 4 is 11.9 Å². The maximum atomic E-state index is 12.7. The molecule has 160 valence electrons. The number of carbonyl (C=O) groups is 1. The van der Waals surface area contributed by atoms with Crippen molar-refractivity contribution in [3.05, 3.63) is 42.5 Å². The van der Waals surface area contributed by atoms with Gasteiger partial charge in [-0.1, -0.05) is 31.0 Å². The molecule has 2 aliphatic rings. The SMILES string of the molecule is CCNC(=NCc1nncn1-c1ccccc1)NC1CCN(C(=O)C2CCCC2)C1. The number of likely N-dealkylation sites (tertiary alicyclic amines) is 1. The Bertz CT molecular complexity index is 857. The molecule has 8 nitrogen and oxygen atoms in total. The van der Waals surface area contributed by atoms with Crippen LogP contribution in [0.3, 0.4) is 0 Å². The van der Waals surface area contributed by atoms with Crippen molar-refractivity contribution in [3.63, 3.8) is 0 Å². The fourth-order valence-electron chi connectivity index (χ4n) is 4.34. The van der Waals surface area contributed by atoms with Crippen molar-refractivity contribution in [2.24, 2.45) is 10.9 Å². The van der Waals surface area contributed by atoms with E-state index in [2.05, 4.69) is 20.8 Å². The van der Waals surface area contributed by atoms with Gasteiger partial charge in [0, 0.05) is 37.3 Å². The first-order chi connectivity index (χ1) is 14.7. The van der Waals surface area contributed by atoms with Crippen LogP contribution in [0.4, 0.5) is 0 Å². The predicted molar refractivity (Wildman–Crippen MR) is 116 cm³/mol. The van der Waals surface area contributed by atoms with Gasteiger partial charge in [0.2, 0.25) is 5.91 Å². The minimum absolute atomic E-state index is 0.222. The molecular formula is C22H31N7O. The van der Waals surface area contributed by atoms with Crippen molar-refractivity contribution in [2.45, 2.75) is 51.6 Å². The highest BCUT2D eigenvalue weighted by atomic mass is 16.2. The van der Waals surface area contributed by atoms with E-state index < -0.39 is 0 Å². The third-order valence-corrected chi connectivity index (χ3v) is 5.92. The highest BCUT2D eigenvalue weighted by molar-refractivity contribution is 5.81. The maximum absolute atomic E-state index is 12.7.